The molecule has 8 nitrogen and oxygen atoms in total. The molecule has 8 heteroatoms. The first-order valence-electron chi connectivity index (χ1n) is 9.43. The van der Waals surface area contributed by atoms with E-state index < -0.39 is 46.8 Å². The number of phenolic OH excluding ortho intramolecular Hbond substituents is 2. The summed E-state index contributed by atoms with van der Waals surface area (Å²) >= 11 is 0. The van der Waals surface area contributed by atoms with Crippen molar-refractivity contribution in [1.29, 1.82) is 0 Å². The number of aliphatic hydroxyl groups excluding tert-OH is 1. The van der Waals surface area contributed by atoms with Gasteiger partial charge in [-0.3, -0.25) is 14.4 Å². The quantitative estimate of drug-likeness (QED) is 0.367. The van der Waals surface area contributed by atoms with Crippen molar-refractivity contribution < 1.29 is 39.5 Å². The molecular formula is C22H20O8. The second-order valence-corrected chi connectivity index (χ2v) is 7.80. The molecule has 0 bridgehead atoms. The van der Waals surface area contributed by atoms with E-state index in [0.717, 1.165) is 0 Å². The van der Waals surface area contributed by atoms with Gasteiger partial charge in [0.15, 0.2) is 11.6 Å². The van der Waals surface area contributed by atoms with Gasteiger partial charge in [0, 0.05) is 42.0 Å². The average Bonchev–Trinajstić information content (AvgIpc) is 2.67. The Labute approximate surface area is 171 Å². The van der Waals surface area contributed by atoms with Crippen LogP contribution in [0.25, 0.3) is 0 Å². The molecule has 0 saturated carbocycles. The monoisotopic (exact) mass is 412 g/mol. The number of ketones is 2. The second kappa shape index (κ2) is 6.65. The Bertz CT molecular complexity index is 1120. The zero-order chi connectivity index (χ0) is 22.0. The number of aliphatic hydroxyl groups is 2. The number of rotatable bonds is 2. The minimum Gasteiger partial charge on any atom is -0.507 e. The van der Waals surface area contributed by atoms with E-state index in [1.807, 2.05) is 0 Å². The van der Waals surface area contributed by atoms with Gasteiger partial charge in [-0.1, -0.05) is 24.3 Å². The highest BCUT2D eigenvalue weighted by Gasteiger charge is 2.48. The molecule has 0 fully saturated rings. The van der Waals surface area contributed by atoms with Gasteiger partial charge in [0.05, 0.1) is 17.2 Å². The van der Waals surface area contributed by atoms with Crippen LogP contribution in [-0.4, -0.2) is 49.7 Å². The van der Waals surface area contributed by atoms with Crippen molar-refractivity contribution in [3.05, 3.63) is 57.6 Å². The maximum atomic E-state index is 13.0. The van der Waals surface area contributed by atoms with Gasteiger partial charge in [-0.2, -0.15) is 0 Å². The van der Waals surface area contributed by atoms with Crippen LogP contribution in [0.3, 0.4) is 0 Å². The van der Waals surface area contributed by atoms with Gasteiger partial charge in [0.25, 0.3) is 0 Å². The third-order valence-electron chi connectivity index (χ3n) is 5.92. The Morgan fingerprint density at radius 3 is 2.17 bits per heavy atom. The summed E-state index contributed by atoms with van der Waals surface area (Å²) in [6.07, 6.45) is -3.11. The third kappa shape index (κ3) is 2.72. The molecule has 30 heavy (non-hydrogen) atoms. The van der Waals surface area contributed by atoms with E-state index in [0.29, 0.717) is 0 Å². The lowest BCUT2D eigenvalue weighted by Gasteiger charge is -2.40. The number of ether oxygens (including phenoxy) is 1. The average molecular weight is 412 g/mol. The molecule has 0 spiro atoms. The van der Waals surface area contributed by atoms with Crippen LogP contribution in [0.4, 0.5) is 0 Å². The Balaban J connectivity index is 1.92. The topological polar surface area (TPSA) is 141 Å². The largest absolute Gasteiger partial charge is 0.507 e. The summed E-state index contributed by atoms with van der Waals surface area (Å²) in [7, 11) is 0. The van der Waals surface area contributed by atoms with E-state index in [-0.39, 0.29) is 46.2 Å². The van der Waals surface area contributed by atoms with Crippen LogP contribution in [0.2, 0.25) is 0 Å². The normalized spacial score (nSPS) is 23.3. The van der Waals surface area contributed by atoms with Crippen LogP contribution in [0.5, 0.6) is 11.5 Å². The summed E-state index contributed by atoms with van der Waals surface area (Å²) in [5, 5.41) is 43.4. The molecule has 0 aliphatic heterocycles. The van der Waals surface area contributed by atoms with Crippen LogP contribution in [0, 0.1) is 0 Å². The summed E-state index contributed by atoms with van der Waals surface area (Å²) < 4.78 is 5.06. The first-order valence-corrected chi connectivity index (χ1v) is 9.43. The number of phenols is 2. The fourth-order valence-corrected chi connectivity index (χ4v) is 4.40. The van der Waals surface area contributed by atoms with Crippen LogP contribution >= 0.6 is 0 Å². The molecule has 0 unspecified atom stereocenters. The summed E-state index contributed by atoms with van der Waals surface area (Å²) in [5.41, 5.74) is -2.49. The number of hydrogen-bond donors (Lipinski definition) is 4. The number of esters is 1. The van der Waals surface area contributed by atoms with Crippen LogP contribution in [-0.2, 0) is 16.0 Å². The fraction of sp³-hybridized carbons (Fsp3) is 0.318. The highest BCUT2D eigenvalue weighted by molar-refractivity contribution is 6.30. The van der Waals surface area contributed by atoms with Crippen LogP contribution < -0.4 is 0 Å². The van der Waals surface area contributed by atoms with E-state index >= 15 is 0 Å². The molecule has 2 aliphatic carbocycles. The summed E-state index contributed by atoms with van der Waals surface area (Å²) in [6, 6.07) is 6.05. The molecule has 4 rings (SSSR count). The second-order valence-electron chi connectivity index (χ2n) is 7.80. The van der Waals surface area contributed by atoms with Gasteiger partial charge in [0.2, 0.25) is 0 Å². The van der Waals surface area contributed by atoms with Crippen LogP contribution in [0.15, 0.2) is 24.3 Å². The highest BCUT2D eigenvalue weighted by Crippen LogP contribution is 2.50. The molecular weight excluding hydrogens is 392 g/mol. The maximum absolute atomic E-state index is 13.0. The smallest absolute Gasteiger partial charge is 0.302 e. The fourth-order valence-electron chi connectivity index (χ4n) is 4.40. The number of aromatic hydroxyl groups is 2. The van der Waals surface area contributed by atoms with Gasteiger partial charge < -0.3 is 25.2 Å². The standard InChI is InChI=1S/C22H20O8/c1-9(30-10(2)23)22(29)7-13-15(14(24)8-22)21(28)17-16(20(13)27)18(25)11-5-3-4-6-12(11)19(17)26/h3-6,9,14,24,27-29H,7-8H2,1-2H3/t9-,14+,22+/m1/s1. The lowest BCUT2D eigenvalue weighted by atomic mass is 9.72. The maximum Gasteiger partial charge on any atom is 0.302 e. The van der Waals surface area contributed by atoms with Gasteiger partial charge in [0.1, 0.15) is 23.2 Å². The Kier molecular flexibility index (Phi) is 4.44. The number of carbonyl (C=O) groups excluding carboxylic acids is 3. The van der Waals surface area contributed by atoms with Crippen molar-refractivity contribution >= 4 is 17.5 Å². The summed E-state index contributed by atoms with van der Waals surface area (Å²) in [6.45, 7) is 2.62. The molecule has 0 saturated heterocycles. The molecule has 4 N–H and O–H groups in total. The molecule has 3 atom stereocenters. The number of carbonyl (C=O) groups is 3. The Morgan fingerprint density at radius 1 is 1.10 bits per heavy atom. The Hall–Kier alpha value is -3.23. The van der Waals surface area contributed by atoms with Gasteiger partial charge in [-0.15, -0.1) is 0 Å². The van der Waals surface area contributed by atoms with E-state index in [2.05, 4.69) is 0 Å². The lowest BCUT2D eigenvalue weighted by molar-refractivity contribution is -0.166. The van der Waals surface area contributed by atoms with Crippen molar-refractivity contribution in [3.63, 3.8) is 0 Å². The van der Waals surface area contributed by atoms with Gasteiger partial charge in [-0.25, -0.2) is 0 Å². The lowest BCUT2D eigenvalue weighted by Crippen LogP contribution is -2.48. The predicted molar refractivity (Wildman–Crippen MR) is 103 cm³/mol. The minimum atomic E-state index is -1.75. The molecule has 2 aliphatic rings. The molecule has 156 valence electrons. The SMILES string of the molecule is CC(=O)O[C@H](C)[C@]1(O)Cc2c(O)c3c(c(O)c2[C@@H](O)C1)C(=O)c1ccccc1C3=O. The predicted octanol–water partition coefficient (Wildman–Crippen LogP) is 1.54. The van der Waals surface area contributed by atoms with E-state index in [4.69, 9.17) is 4.74 Å². The minimum absolute atomic E-state index is 0.0629. The molecule has 0 radical (unpaired) electrons. The summed E-state index contributed by atoms with van der Waals surface area (Å²) in [4.78, 5) is 37.3. The zero-order valence-electron chi connectivity index (χ0n) is 16.3. The number of fused-ring (bicyclic) bond motifs is 3. The van der Waals surface area contributed by atoms with Gasteiger partial charge >= 0.3 is 5.97 Å². The number of hydrogen-bond acceptors (Lipinski definition) is 8. The molecule has 2 aromatic rings. The van der Waals surface area contributed by atoms with Gasteiger partial charge in [-0.05, 0) is 6.92 Å². The zero-order valence-corrected chi connectivity index (χ0v) is 16.3. The van der Waals surface area contributed by atoms with Crippen LogP contribution in [0.1, 0.15) is 69.3 Å². The first-order chi connectivity index (χ1) is 14.1. The van der Waals surface area contributed by atoms with Crippen molar-refractivity contribution in [2.45, 2.75) is 44.5 Å². The van der Waals surface area contributed by atoms with Crippen molar-refractivity contribution in [1.82, 2.24) is 0 Å². The Morgan fingerprint density at radius 2 is 1.63 bits per heavy atom. The van der Waals surface area contributed by atoms with Crippen molar-refractivity contribution in [2.75, 3.05) is 0 Å². The number of benzene rings is 2. The molecule has 2 aromatic carbocycles. The molecule has 0 heterocycles. The highest BCUT2D eigenvalue weighted by atomic mass is 16.6. The first kappa shape index (κ1) is 20.1. The summed E-state index contributed by atoms with van der Waals surface area (Å²) in [5.74, 6) is -3.10. The van der Waals surface area contributed by atoms with Crippen molar-refractivity contribution in [2.24, 2.45) is 0 Å². The molecule has 0 aromatic heterocycles. The van der Waals surface area contributed by atoms with E-state index in [1.54, 1.807) is 12.1 Å². The third-order valence-corrected chi connectivity index (χ3v) is 5.92. The van der Waals surface area contributed by atoms with Crippen molar-refractivity contribution in [3.8, 4) is 11.5 Å². The van der Waals surface area contributed by atoms with E-state index in [9.17, 15) is 34.8 Å². The van der Waals surface area contributed by atoms with E-state index in [1.165, 1.54) is 26.0 Å². The molecule has 0 amide bonds.